The maximum Gasteiger partial charge on any atom is 0.323 e. The Kier molecular flexibility index (Phi) is 7.32. The molecule has 12 heteroatoms. The number of ether oxygens (including phenoxy) is 1. The van der Waals surface area contributed by atoms with Crippen LogP contribution in [0.1, 0.15) is 31.2 Å². The van der Waals surface area contributed by atoms with Gasteiger partial charge in [0.2, 0.25) is 20.0 Å². The average Bonchev–Trinajstić information content (AvgIpc) is 3.21. The van der Waals surface area contributed by atoms with Crippen LogP contribution in [-0.2, 0) is 36.2 Å². The topological polar surface area (TPSA) is 145 Å². The van der Waals surface area contributed by atoms with Gasteiger partial charge in [-0.15, -0.1) is 0 Å². The van der Waals surface area contributed by atoms with Crippen molar-refractivity contribution in [1.82, 2.24) is 10.0 Å². The van der Waals surface area contributed by atoms with Crippen LogP contribution in [0, 0.1) is 5.92 Å². The third-order valence-corrected chi connectivity index (χ3v) is 9.20. The average molecular weight is 528 g/mol. The molecule has 0 spiro atoms. The molecule has 4 rings (SSSR count). The highest BCUT2D eigenvalue weighted by Gasteiger charge is 2.42. The van der Waals surface area contributed by atoms with E-state index in [1.54, 1.807) is 0 Å². The Morgan fingerprint density at radius 2 is 1.82 bits per heavy atom. The molecule has 0 aromatic heterocycles. The molecule has 1 aliphatic carbocycles. The molecule has 1 heterocycles. The number of fused-ring (bicyclic) bond motifs is 1. The molecule has 184 valence electrons. The van der Waals surface area contributed by atoms with Crippen LogP contribution >= 0.6 is 11.6 Å². The first-order chi connectivity index (χ1) is 16.0. The number of carbonyl (C=O) groups is 1. The number of rotatable bonds is 7. The molecular formula is C22H26ClN3O6S2. The number of esters is 1. The van der Waals surface area contributed by atoms with Crippen LogP contribution in [0.5, 0.6) is 0 Å². The zero-order chi connectivity index (χ0) is 24.5. The summed E-state index contributed by atoms with van der Waals surface area (Å²) in [7, 11) is -8.17. The predicted octanol–water partition coefficient (Wildman–Crippen LogP) is 1.91. The van der Waals surface area contributed by atoms with Crippen molar-refractivity contribution in [2.24, 2.45) is 11.1 Å². The zero-order valence-electron chi connectivity index (χ0n) is 18.2. The molecule has 4 atom stereocenters. The van der Waals surface area contributed by atoms with E-state index in [0.29, 0.717) is 25.7 Å². The van der Waals surface area contributed by atoms with Gasteiger partial charge in [-0.2, -0.15) is 0 Å². The molecule has 9 nitrogen and oxygen atoms in total. The van der Waals surface area contributed by atoms with Gasteiger partial charge >= 0.3 is 5.97 Å². The monoisotopic (exact) mass is 527 g/mol. The van der Waals surface area contributed by atoms with E-state index in [1.807, 2.05) is 30.3 Å². The largest absolute Gasteiger partial charge is 0.460 e. The molecule has 4 unspecified atom stereocenters. The van der Waals surface area contributed by atoms with Crippen molar-refractivity contribution >= 4 is 37.6 Å². The van der Waals surface area contributed by atoms with Gasteiger partial charge in [-0.25, -0.2) is 26.7 Å². The van der Waals surface area contributed by atoms with Crippen LogP contribution in [0.3, 0.4) is 0 Å². The van der Waals surface area contributed by atoms with Gasteiger partial charge in [0.15, 0.2) is 0 Å². The summed E-state index contributed by atoms with van der Waals surface area (Å²) in [6.45, 7) is 0.206. The quantitative estimate of drug-likeness (QED) is 0.466. The number of carbonyl (C=O) groups excluding carboxylic acids is 1. The molecule has 34 heavy (non-hydrogen) atoms. The Morgan fingerprint density at radius 3 is 2.53 bits per heavy atom. The minimum absolute atomic E-state index is 0.111. The molecule has 1 aliphatic heterocycles. The second kappa shape index (κ2) is 9.92. The molecule has 2 fully saturated rings. The lowest BCUT2D eigenvalue weighted by molar-refractivity contribution is -0.147. The summed E-state index contributed by atoms with van der Waals surface area (Å²) in [5, 5.41) is 8.31. The van der Waals surface area contributed by atoms with E-state index in [4.69, 9.17) is 21.5 Å². The van der Waals surface area contributed by atoms with Gasteiger partial charge in [-0.3, -0.25) is 4.79 Å². The van der Waals surface area contributed by atoms with Crippen molar-refractivity contribution in [3.05, 3.63) is 59.1 Å². The van der Waals surface area contributed by atoms with Crippen LogP contribution in [0.4, 0.5) is 0 Å². The Hall–Kier alpha value is -2.02. The normalized spacial score (nSPS) is 25.0. The van der Waals surface area contributed by atoms with Gasteiger partial charge in [-0.05, 0) is 55.4 Å². The minimum atomic E-state index is -4.17. The molecule has 1 saturated heterocycles. The van der Waals surface area contributed by atoms with Gasteiger partial charge in [-0.1, -0.05) is 41.9 Å². The van der Waals surface area contributed by atoms with E-state index < -0.39 is 31.0 Å². The Balaban J connectivity index is 1.36. The number of halogens is 1. The number of benzene rings is 2. The summed E-state index contributed by atoms with van der Waals surface area (Å²) in [5.74, 6) is -0.201. The molecule has 0 bridgehead atoms. The fourth-order valence-electron chi connectivity index (χ4n) is 4.63. The van der Waals surface area contributed by atoms with Crippen molar-refractivity contribution in [1.29, 1.82) is 0 Å². The lowest BCUT2D eigenvalue weighted by Gasteiger charge is -2.31. The zero-order valence-corrected chi connectivity index (χ0v) is 20.6. The van der Waals surface area contributed by atoms with Crippen molar-refractivity contribution in [3.63, 3.8) is 0 Å². The highest BCUT2D eigenvalue weighted by Crippen LogP contribution is 2.35. The SMILES string of the molecule is NS(=O)(=O)c1cc(S(=O)(=O)NC2CCC3NC(C(=O)OCc4ccccc4)CC3C2)ccc1Cl. The number of nitrogens with one attached hydrogen (secondary N) is 2. The van der Waals surface area contributed by atoms with Gasteiger partial charge in [0, 0.05) is 12.1 Å². The van der Waals surface area contributed by atoms with Crippen LogP contribution in [-0.4, -0.2) is 40.9 Å². The van der Waals surface area contributed by atoms with Crippen molar-refractivity contribution < 1.29 is 26.4 Å². The van der Waals surface area contributed by atoms with E-state index >= 15 is 0 Å². The fourth-order valence-corrected chi connectivity index (χ4v) is 7.09. The van der Waals surface area contributed by atoms with Gasteiger partial charge < -0.3 is 10.1 Å². The molecule has 2 aromatic rings. The Bertz CT molecular complexity index is 1270. The first-order valence-corrected chi connectivity index (χ1v) is 14.2. The highest BCUT2D eigenvalue weighted by molar-refractivity contribution is 7.90. The minimum Gasteiger partial charge on any atom is -0.460 e. The van der Waals surface area contributed by atoms with Crippen LogP contribution in [0.25, 0.3) is 0 Å². The van der Waals surface area contributed by atoms with Gasteiger partial charge in [0.05, 0.1) is 9.92 Å². The molecule has 0 radical (unpaired) electrons. The van der Waals surface area contributed by atoms with Gasteiger partial charge in [0.25, 0.3) is 0 Å². The standard InChI is InChI=1S/C22H26ClN3O6S2/c23-18-8-7-17(12-21(18)33(24,28)29)34(30,31)26-16-6-9-19-15(10-16)11-20(25-19)22(27)32-13-14-4-2-1-3-5-14/h1-5,7-8,12,15-16,19-20,25-26H,6,9-11,13H2,(H2,24,28,29). The van der Waals surface area contributed by atoms with Crippen molar-refractivity contribution in [2.75, 3.05) is 0 Å². The van der Waals surface area contributed by atoms with Crippen molar-refractivity contribution in [3.8, 4) is 0 Å². The van der Waals surface area contributed by atoms with E-state index in [9.17, 15) is 21.6 Å². The Morgan fingerprint density at radius 1 is 1.09 bits per heavy atom. The van der Waals surface area contributed by atoms with Crippen LogP contribution in [0.2, 0.25) is 5.02 Å². The first-order valence-electron chi connectivity index (χ1n) is 10.8. The number of primary sulfonamides is 1. The summed E-state index contributed by atoms with van der Waals surface area (Å²) in [6.07, 6.45) is 2.39. The maximum atomic E-state index is 12.9. The second-order valence-corrected chi connectivity index (χ2v) is 12.3. The second-order valence-electron chi connectivity index (χ2n) is 8.68. The summed E-state index contributed by atoms with van der Waals surface area (Å²) in [5.41, 5.74) is 0.911. The van der Waals surface area contributed by atoms with E-state index in [1.165, 1.54) is 12.1 Å². The molecular weight excluding hydrogens is 502 g/mol. The Labute approximate surface area is 204 Å². The lowest BCUT2D eigenvalue weighted by Crippen LogP contribution is -2.44. The maximum absolute atomic E-state index is 12.9. The summed E-state index contributed by atoms with van der Waals surface area (Å²) in [6, 6.07) is 12.2. The number of hydrogen-bond acceptors (Lipinski definition) is 7. The van der Waals surface area contributed by atoms with Gasteiger partial charge in [0.1, 0.15) is 17.5 Å². The molecule has 4 N–H and O–H groups in total. The molecule has 2 aromatic carbocycles. The fraction of sp³-hybridized carbons (Fsp3) is 0.409. The van der Waals surface area contributed by atoms with E-state index in [0.717, 1.165) is 11.6 Å². The van der Waals surface area contributed by atoms with E-state index in [-0.39, 0.29) is 40.5 Å². The van der Waals surface area contributed by atoms with Crippen LogP contribution < -0.4 is 15.2 Å². The summed E-state index contributed by atoms with van der Waals surface area (Å²) >= 11 is 5.86. The third kappa shape index (κ3) is 5.78. The number of hydrogen-bond donors (Lipinski definition) is 3. The van der Waals surface area contributed by atoms with E-state index in [2.05, 4.69) is 10.0 Å². The molecule has 0 amide bonds. The smallest absolute Gasteiger partial charge is 0.323 e. The third-order valence-electron chi connectivity index (χ3n) is 6.29. The lowest BCUT2D eigenvalue weighted by atomic mass is 9.82. The first kappa shape index (κ1) is 25.1. The summed E-state index contributed by atoms with van der Waals surface area (Å²) < 4.78 is 57.3. The number of sulfonamides is 2. The van der Waals surface area contributed by atoms with Crippen LogP contribution in [0.15, 0.2) is 58.3 Å². The summed E-state index contributed by atoms with van der Waals surface area (Å²) in [4.78, 5) is 11.9. The molecule has 1 saturated carbocycles. The number of nitrogens with two attached hydrogens (primary N) is 1. The molecule has 2 aliphatic rings. The van der Waals surface area contributed by atoms with Crippen molar-refractivity contribution in [2.45, 2.75) is 60.2 Å². The predicted molar refractivity (Wildman–Crippen MR) is 126 cm³/mol. The highest BCUT2D eigenvalue weighted by atomic mass is 35.5.